The van der Waals surface area contributed by atoms with E-state index in [1.54, 1.807) is 24.4 Å². The third-order valence-corrected chi connectivity index (χ3v) is 4.32. The van der Waals surface area contributed by atoms with Crippen LogP contribution in [0.5, 0.6) is 0 Å². The lowest BCUT2D eigenvalue weighted by molar-refractivity contribution is -0.115. The van der Waals surface area contributed by atoms with Crippen LogP contribution in [-0.4, -0.2) is 21.2 Å². The van der Waals surface area contributed by atoms with Crippen molar-refractivity contribution in [2.45, 2.75) is 11.6 Å². The number of carbonyl (C=O) groups is 1. The van der Waals surface area contributed by atoms with E-state index < -0.39 is 5.82 Å². The molecule has 0 aliphatic heterocycles. The fourth-order valence-electron chi connectivity index (χ4n) is 2.19. The highest BCUT2D eigenvalue weighted by molar-refractivity contribution is 7.99. The van der Waals surface area contributed by atoms with Gasteiger partial charge in [0.05, 0.1) is 5.69 Å². The average molecular weight is 341 g/mol. The molecular weight excluding hydrogens is 325 g/mol. The Hall–Kier alpha value is -2.60. The second-order valence-electron chi connectivity index (χ2n) is 5.04. The third-order valence-electron chi connectivity index (χ3n) is 3.35. The number of aromatic nitrogens is 2. The van der Waals surface area contributed by atoms with E-state index in [1.807, 2.05) is 41.1 Å². The van der Waals surface area contributed by atoms with Crippen LogP contribution in [0.3, 0.4) is 0 Å². The van der Waals surface area contributed by atoms with Crippen molar-refractivity contribution in [1.29, 1.82) is 0 Å². The van der Waals surface area contributed by atoms with Crippen LogP contribution in [-0.2, 0) is 4.79 Å². The Morgan fingerprint density at radius 1 is 1.12 bits per heavy atom. The van der Waals surface area contributed by atoms with Gasteiger partial charge < -0.3 is 5.32 Å². The molecule has 3 rings (SSSR count). The number of imidazole rings is 1. The summed E-state index contributed by atoms with van der Waals surface area (Å²) in [7, 11) is 0. The van der Waals surface area contributed by atoms with Gasteiger partial charge in [-0.3, -0.25) is 9.36 Å². The number of rotatable bonds is 6. The first-order valence-electron chi connectivity index (χ1n) is 7.50. The summed E-state index contributed by atoms with van der Waals surface area (Å²) in [5.41, 5.74) is 1.23. The molecule has 4 nitrogen and oxygen atoms in total. The third kappa shape index (κ3) is 4.02. The van der Waals surface area contributed by atoms with Crippen molar-refractivity contribution in [2.24, 2.45) is 0 Å². The average Bonchev–Trinajstić information content (AvgIpc) is 3.06. The van der Waals surface area contributed by atoms with Gasteiger partial charge in [-0.1, -0.05) is 42.1 Å². The van der Waals surface area contributed by atoms with Crippen LogP contribution in [0.15, 0.2) is 72.1 Å². The van der Waals surface area contributed by atoms with E-state index >= 15 is 0 Å². The fraction of sp³-hybridized carbons (Fsp3) is 0.111. The summed E-state index contributed by atoms with van der Waals surface area (Å²) in [5.74, 6) is -0.0898. The lowest BCUT2D eigenvalue weighted by Crippen LogP contribution is -2.13. The molecule has 0 bridgehead atoms. The molecule has 1 amide bonds. The first kappa shape index (κ1) is 16.3. The van der Waals surface area contributed by atoms with Gasteiger partial charge >= 0.3 is 0 Å². The Bertz CT molecular complexity index is 820. The SMILES string of the molecule is O=C(CCSc1nccn1-c1ccccc1)Nc1ccccc1F. The fourth-order valence-corrected chi connectivity index (χ4v) is 3.10. The van der Waals surface area contributed by atoms with E-state index in [2.05, 4.69) is 10.3 Å². The summed E-state index contributed by atoms with van der Waals surface area (Å²) in [6, 6.07) is 16.0. The quantitative estimate of drug-likeness (QED) is 0.686. The Kier molecular flexibility index (Phi) is 5.28. The number of para-hydroxylation sites is 2. The molecule has 0 fully saturated rings. The van der Waals surface area contributed by atoms with Crippen molar-refractivity contribution in [3.63, 3.8) is 0 Å². The van der Waals surface area contributed by atoms with Crippen LogP contribution < -0.4 is 5.32 Å². The zero-order chi connectivity index (χ0) is 16.8. The van der Waals surface area contributed by atoms with Crippen molar-refractivity contribution in [3.8, 4) is 5.69 Å². The Labute approximate surface area is 143 Å². The maximum absolute atomic E-state index is 13.5. The first-order chi connectivity index (χ1) is 11.7. The molecule has 24 heavy (non-hydrogen) atoms. The molecule has 0 unspecified atom stereocenters. The number of amides is 1. The molecular formula is C18H16FN3OS. The lowest BCUT2D eigenvalue weighted by atomic mass is 10.3. The van der Waals surface area contributed by atoms with Gasteiger partial charge in [-0.05, 0) is 24.3 Å². The monoisotopic (exact) mass is 341 g/mol. The molecule has 1 N–H and O–H groups in total. The molecule has 1 heterocycles. The molecule has 0 spiro atoms. The predicted octanol–water partition coefficient (Wildman–Crippen LogP) is 4.13. The summed E-state index contributed by atoms with van der Waals surface area (Å²) in [6.07, 6.45) is 3.90. The van der Waals surface area contributed by atoms with Gasteiger partial charge in [-0.15, -0.1) is 0 Å². The van der Waals surface area contributed by atoms with Crippen LogP contribution >= 0.6 is 11.8 Å². The number of anilines is 1. The molecule has 122 valence electrons. The van der Waals surface area contributed by atoms with Crippen LogP contribution in [0.1, 0.15) is 6.42 Å². The van der Waals surface area contributed by atoms with Gasteiger partial charge in [0.25, 0.3) is 0 Å². The maximum atomic E-state index is 13.5. The van der Waals surface area contributed by atoms with Gasteiger partial charge in [0, 0.05) is 30.3 Å². The molecule has 3 aromatic rings. The van der Waals surface area contributed by atoms with E-state index in [1.165, 1.54) is 17.8 Å². The Morgan fingerprint density at radius 2 is 1.88 bits per heavy atom. The molecule has 6 heteroatoms. The van der Waals surface area contributed by atoms with Crippen LogP contribution in [0.25, 0.3) is 5.69 Å². The van der Waals surface area contributed by atoms with Gasteiger partial charge in [0.1, 0.15) is 5.82 Å². The summed E-state index contributed by atoms with van der Waals surface area (Å²) in [6.45, 7) is 0. The summed E-state index contributed by atoms with van der Waals surface area (Å²) in [4.78, 5) is 16.3. The van der Waals surface area contributed by atoms with Crippen molar-refractivity contribution in [1.82, 2.24) is 9.55 Å². The number of benzene rings is 2. The minimum Gasteiger partial charge on any atom is -0.324 e. The zero-order valence-electron chi connectivity index (χ0n) is 12.9. The topological polar surface area (TPSA) is 46.9 Å². The number of halogens is 1. The molecule has 0 radical (unpaired) electrons. The minimum atomic E-state index is -0.432. The van der Waals surface area contributed by atoms with E-state index in [9.17, 15) is 9.18 Å². The highest BCUT2D eigenvalue weighted by atomic mass is 32.2. The van der Waals surface area contributed by atoms with Crippen LogP contribution in [0.2, 0.25) is 0 Å². The van der Waals surface area contributed by atoms with E-state index in [0.29, 0.717) is 5.75 Å². The Balaban J connectivity index is 1.55. The smallest absolute Gasteiger partial charge is 0.225 e. The van der Waals surface area contributed by atoms with E-state index in [0.717, 1.165) is 10.8 Å². The van der Waals surface area contributed by atoms with Crippen molar-refractivity contribution in [2.75, 3.05) is 11.1 Å². The molecule has 0 atom stereocenters. The molecule has 1 aromatic heterocycles. The molecule has 0 saturated heterocycles. The number of hydrogen-bond donors (Lipinski definition) is 1. The standard InChI is InChI=1S/C18H16FN3OS/c19-15-8-4-5-9-16(15)21-17(23)10-13-24-18-20-11-12-22(18)14-6-2-1-3-7-14/h1-9,11-12H,10,13H2,(H,21,23). The highest BCUT2D eigenvalue weighted by Gasteiger charge is 2.09. The van der Waals surface area contributed by atoms with Gasteiger partial charge in [0.15, 0.2) is 5.16 Å². The predicted molar refractivity (Wildman–Crippen MR) is 93.9 cm³/mol. The summed E-state index contributed by atoms with van der Waals surface area (Å²) >= 11 is 1.49. The summed E-state index contributed by atoms with van der Waals surface area (Å²) in [5, 5.41) is 3.40. The number of thioether (sulfide) groups is 1. The summed E-state index contributed by atoms with van der Waals surface area (Å²) < 4.78 is 15.5. The van der Waals surface area contributed by atoms with Crippen molar-refractivity contribution < 1.29 is 9.18 Å². The highest BCUT2D eigenvalue weighted by Crippen LogP contribution is 2.21. The number of hydrogen-bond acceptors (Lipinski definition) is 3. The maximum Gasteiger partial charge on any atom is 0.225 e. The second kappa shape index (κ2) is 7.79. The number of nitrogens with zero attached hydrogens (tertiary/aromatic N) is 2. The van der Waals surface area contributed by atoms with Gasteiger partial charge in [-0.25, -0.2) is 9.37 Å². The van der Waals surface area contributed by atoms with Crippen molar-refractivity contribution >= 4 is 23.4 Å². The lowest BCUT2D eigenvalue weighted by Gasteiger charge is -2.08. The number of nitrogens with one attached hydrogen (secondary N) is 1. The molecule has 0 saturated carbocycles. The molecule has 0 aliphatic rings. The van der Waals surface area contributed by atoms with Crippen molar-refractivity contribution in [3.05, 3.63) is 72.8 Å². The second-order valence-corrected chi connectivity index (χ2v) is 6.10. The zero-order valence-corrected chi connectivity index (χ0v) is 13.7. The minimum absolute atomic E-state index is 0.207. The van der Waals surface area contributed by atoms with Gasteiger partial charge in [0.2, 0.25) is 5.91 Å². The Morgan fingerprint density at radius 3 is 2.67 bits per heavy atom. The van der Waals surface area contributed by atoms with Gasteiger partial charge in [-0.2, -0.15) is 0 Å². The number of carbonyl (C=O) groups excluding carboxylic acids is 1. The normalized spacial score (nSPS) is 10.5. The molecule has 0 aliphatic carbocycles. The largest absolute Gasteiger partial charge is 0.324 e. The first-order valence-corrected chi connectivity index (χ1v) is 8.48. The van der Waals surface area contributed by atoms with E-state index in [-0.39, 0.29) is 18.0 Å². The van der Waals surface area contributed by atoms with Crippen LogP contribution in [0.4, 0.5) is 10.1 Å². The van der Waals surface area contributed by atoms with E-state index in [4.69, 9.17) is 0 Å². The van der Waals surface area contributed by atoms with Crippen LogP contribution in [0, 0.1) is 5.82 Å². The molecule has 2 aromatic carbocycles.